The highest BCUT2D eigenvalue weighted by Gasteiger charge is 2.29. The van der Waals surface area contributed by atoms with Gasteiger partial charge in [0.2, 0.25) is 5.91 Å². The summed E-state index contributed by atoms with van der Waals surface area (Å²) >= 11 is 0. The summed E-state index contributed by atoms with van der Waals surface area (Å²) in [7, 11) is 0. The first kappa shape index (κ1) is 25.3. The number of carbonyl (C=O) groups excluding carboxylic acids is 2. The first-order chi connectivity index (χ1) is 18.2. The van der Waals surface area contributed by atoms with Crippen LogP contribution in [0, 0.1) is 5.41 Å². The Balaban J connectivity index is 1.25. The zero-order valence-corrected chi connectivity index (χ0v) is 21.9. The molecule has 5 rings (SSSR count). The van der Waals surface area contributed by atoms with Crippen LogP contribution < -0.4 is 15.8 Å². The molecule has 1 N–H and O–H groups in total. The van der Waals surface area contributed by atoms with E-state index in [0.29, 0.717) is 41.1 Å². The highest BCUT2D eigenvalue weighted by molar-refractivity contribution is 6.05. The zero-order chi connectivity index (χ0) is 26.9. The summed E-state index contributed by atoms with van der Waals surface area (Å²) in [5.74, 6) is -0.0835. The summed E-state index contributed by atoms with van der Waals surface area (Å²) in [6.45, 7) is 8.77. The summed E-state index contributed by atoms with van der Waals surface area (Å²) < 4.78 is 5.46. The van der Waals surface area contributed by atoms with Crippen LogP contribution >= 0.6 is 0 Å². The second-order valence-corrected chi connectivity index (χ2v) is 10.6. The molecule has 0 spiro atoms. The van der Waals surface area contributed by atoms with Crippen molar-refractivity contribution in [3.8, 4) is 11.1 Å². The molecule has 2 heterocycles. The van der Waals surface area contributed by atoms with E-state index in [1.165, 1.54) is 0 Å². The van der Waals surface area contributed by atoms with Gasteiger partial charge in [-0.1, -0.05) is 51.1 Å². The van der Waals surface area contributed by atoms with Gasteiger partial charge in [0.1, 0.15) is 5.58 Å². The fourth-order valence-corrected chi connectivity index (χ4v) is 4.69. The van der Waals surface area contributed by atoms with Gasteiger partial charge < -0.3 is 19.5 Å². The van der Waals surface area contributed by atoms with Gasteiger partial charge in [0.25, 0.3) is 5.91 Å². The maximum atomic E-state index is 13.0. The van der Waals surface area contributed by atoms with Gasteiger partial charge in [0.15, 0.2) is 0 Å². The Bertz CT molecular complexity index is 1540. The van der Waals surface area contributed by atoms with E-state index in [2.05, 4.69) is 10.2 Å². The number of para-hydroxylation sites is 1. The standard InChI is InChI=1S/C31H31N3O4/c1-31(2,3)30(37)34-17-15-33(16-18-34)25-13-11-24(12-14-25)32-28(35)23-9-6-8-21(19-23)26-20-22-7-4-5-10-27(22)38-29(26)36/h4-14,19-20H,15-18H2,1-3H3,(H,32,35). The van der Waals surface area contributed by atoms with E-state index in [0.717, 1.165) is 24.2 Å². The predicted molar refractivity (Wildman–Crippen MR) is 151 cm³/mol. The van der Waals surface area contributed by atoms with Crippen molar-refractivity contribution in [2.45, 2.75) is 20.8 Å². The van der Waals surface area contributed by atoms with Crippen molar-refractivity contribution in [1.29, 1.82) is 0 Å². The quantitative estimate of drug-likeness (QED) is 0.372. The molecule has 2 amide bonds. The Kier molecular flexibility index (Phi) is 6.76. The molecule has 1 aliphatic rings. The Morgan fingerprint density at radius 3 is 2.26 bits per heavy atom. The largest absolute Gasteiger partial charge is 0.422 e. The molecular weight excluding hydrogens is 478 g/mol. The third-order valence-corrected chi connectivity index (χ3v) is 6.78. The third-order valence-electron chi connectivity index (χ3n) is 6.78. The molecule has 1 aromatic heterocycles. The van der Waals surface area contributed by atoms with Gasteiger partial charge in [-0.15, -0.1) is 0 Å². The van der Waals surface area contributed by atoms with Crippen LogP contribution in [0.4, 0.5) is 11.4 Å². The molecule has 0 aliphatic carbocycles. The van der Waals surface area contributed by atoms with Crippen LogP contribution in [0.15, 0.2) is 88.1 Å². The van der Waals surface area contributed by atoms with Crippen LogP contribution in [-0.2, 0) is 4.79 Å². The van der Waals surface area contributed by atoms with E-state index in [-0.39, 0.29) is 17.2 Å². The van der Waals surface area contributed by atoms with Crippen LogP contribution in [0.5, 0.6) is 0 Å². The fraction of sp³-hybridized carbons (Fsp3) is 0.258. The van der Waals surface area contributed by atoms with Crippen molar-refractivity contribution in [2.24, 2.45) is 5.41 Å². The van der Waals surface area contributed by atoms with E-state index in [1.807, 2.05) is 68.1 Å². The SMILES string of the molecule is CC(C)(C)C(=O)N1CCN(c2ccc(NC(=O)c3cccc(-c4cc5ccccc5oc4=O)c3)cc2)CC1. The molecule has 0 bridgehead atoms. The highest BCUT2D eigenvalue weighted by atomic mass is 16.4. The Morgan fingerprint density at radius 1 is 0.842 bits per heavy atom. The lowest BCUT2D eigenvalue weighted by molar-refractivity contribution is -0.139. The summed E-state index contributed by atoms with van der Waals surface area (Å²) in [4.78, 5) is 42.3. The molecule has 1 fully saturated rings. The van der Waals surface area contributed by atoms with Crippen molar-refractivity contribution in [3.63, 3.8) is 0 Å². The number of nitrogens with zero attached hydrogens (tertiary/aromatic N) is 2. The summed E-state index contributed by atoms with van der Waals surface area (Å²) in [5, 5.41) is 3.76. The molecule has 1 aliphatic heterocycles. The van der Waals surface area contributed by atoms with Gasteiger partial charge in [-0.3, -0.25) is 9.59 Å². The third kappa shape index (κ3) is 5.32. The molecule has 194 valence electrons. The van der Waals surface area contributed by atoms with Crippen LogP contribution in [-0.4, -0.2) is 42.9 Å². The van der Waals surface area contributed by atoms with Gasteiger partial charge in [0.05, 0.1) is 5.56 Å². The summed E-state index contributed by atoms with van der Waals surface area (Å²) in [6.07, 6.45) is 0. The lowest BCUT2D eigenvalue weighted by atomic mass is 9.94. The van der Waals surface area contributed by atoms with Crippen molar-refractivity contribution in [2.75, 3.05) is 36.4 Å². The molecule has 3 aromatic carbocycles. The molecule has 0 radical (unpaired) electrons. The van der Waals surface area contributed by atoms with Crippen molar-refractivity contribution < 1.29 is 14.0 Å². The fourth-order valence-electron chi connectivity index (χ4n) is 4.69. The maximum Gasteiger partial charge on any atom is 0.344 e. The average Bonchev–Trinajstić information content (AvgIpc) is 2.92. The van der Waals surface area contributed by atoms with Crippen molar-refractivity contribution >= 4 is 34.2 Å². The molecule has 7 nitrogen and oxygen atoms in total. The highest BCUT2D eigenvalue weighted by Crippen LogP contribution is 2.25. The smallest absolute Gasteiger partial charge is 0.344 e. The minimum atomic E-state index is -0.444. The molecule has 1 saturated heterocycles. The molecular formula is C31H31N3O4. The Hall–Kier alpha value is -4.39. The number of nitrogens with one attached hydrogen (secondary N) is 1. The Morgan fingerprint density at radius 2 is 1.55 bits per heavy atom. The molecule has 0 saturated carbocycles. The lowest BCUT2D eigenvalue weighted by Crippen LogP contribution is -2.51. The molecule has 4 aromatic rings. The monoisotopic (exact) mass is 509 g/mol. The van der Waals surface area contributed by atoms with Crippen molar-refractivity contribution in [3.05, 3.63) is 94.8 Å². The second kappa shape index (κ2) is 10.2. The van der Waals surface area contributed by atoms with E-state index in [9.17, 15) is 14.4 Å². The minimum Gasteiger partial charge on any atom is -0.422 e. The molecule has 0 unspecified atom stereocenters. The van der Waals surface area contributed by atoms with E-state index in [4.69, 9.17) is 4.42 Å². The van der Waals surface area contributed by atoms with Crippen LogP contribution in [0.25, 0.3) is 22.1 Å². The van der Waals surface area contributed by atoms with Gasteiger partial charge in [-0.2, -0.15) is 0 Å². The second-order valence-electron chi connectivity index (χ2n) is 10.6. The number of benzene rings is 3. The van der Waals surface area contributed by atoms with Gasteiger partial charge >= 0.3 is 5.63 Å². The van der Waals surface area contributed by atoms with Gasteiger partial charge in [-0.25, -0.2) is 4.79 Å². The van der Waals surface area contributed by atoms with E-state index < -0.39 is 5.63 Å². The van der Waals surface area contributed by atoms with E-state index >= 15 is 0 Å². The Labute approximate surface area is 221 Å². The number of rotatable bonds is 4. The maximum absolute atomic E-state index is 13.0. The number of piperazine rings is 1. The topological polar surface area (TPSA) is 82.9 Å². The number of carbonyl (C=O) groups is 2. The zero-order valence-electron chi connectivity index (χ0n) is 21.9. The normalized spacial score (nSPS) is 14.0. The number of hydrogen-bond donors (Lipinski definition) is 1. The number of fused-ring (bicyclic) bond motifs is 1. The summed E-state index contributed by atoms with van der Waals surface area (Å²) in [6, 6.07) is 23.8. The average molecular weight is 510 g/mol. The first-order valence-electron chi connectivity index (χ1n) is 12.8. The van der Waals surface area contributed by atoms with Crippen LogP contribution in [0.3, 0.4) is 0 Å². The number of anilines is 2. The number of hydrogen-bond acceptors (Lipinski definition) is 5. The first-order valence-corrected chi connectivity index (χ1v) is 12.8. The van der Waals surface area contributed by atoms with Crippen molar-refractivity contribution in [1.82, 2.24) is 4.90 Å². The minimum absolute atomic E-state index is 0.181. The van der Waals surface area contributed by atoms with Gasteiger partial charge in [-0.05, 0) is 54.1 Å². The molecule has 38 heavy (non-hydrogen) atoms. The lowest BCUT2D eigenvalue weighted by Gasteiger charge is -2.38. The molecule has 0 atom stereocenters. The number of amides is 2. The molecule has 7 heteroatoms. The predicted octanol–water partition coefficient (Wildman–Crippen LogP) is 5.41. The van der Waals surface area contributed by atoms with Gasteiger partial charge in [0, 0.05) is 53.9 Å². The van der Waals surface area contributed by atoms with E-state index in [1.54, 1.807) is 36.4 Å². The van der Waals surface area contributed by atoms with Crippen LogP contribution in [0.2, 0.25) is 0 Å². The van der Waals surface area contributed by atoms with Crippen LogP contribution in [0.1, 0.15) is 31.1 Å². The summed E-state index contributed by atoms with van der Waals surface area (Å²) in [5.41, 5.74) is 2.91.